The summed E-state index contributed by atoms with van der Waals surface area (Å²) in [6.45, 7) is 3.66. The van der Waals surface area contributed by atoms with E-state index >= 15 is 0 Å². The van der Waals surface area contributed by atoms with Crippen molar-refractivity contribution in [2.75, 3.05) is 13.1 Å². The van der Waals surface area contributed by atoms with Gasteiger partial charge in [-0.3, -0.25) is 4.79 Å². The number of amides is 1. The lowest BCUT2D eigenvalue weighted by Crippen LogP contribution is -2.42. The summed E-state index contributed by atoms with van der Waals surface area (Å²) in [5.74, 6) is 2.36. The molecule has 1 aliphatic heterocycles. The Hall–Kier alpha value is -3.15. The second-order valence-electron chi connectivity index (χ2n) is 6.59. The van der Waals surface area contributed by atoms with E-state index in [1.807, 2.05) is 70.2 Å². The molecule has 0 spiro atoms. The van der Waals surface area contributed by atoms with Crippen LogP contribution in [0.2, 0.25) is 0 Å². The van der Waals surface area contributed by atoms with Crippen molar-refractivity contribution in [3.63, 3.8) is 0 Å². The number of rotatable bonds is 4. The molecular formula is C21H22N4O2. The van der Waals surface area contributed by atoms with Crippen molar-refractivity contribution in [1.82, 2.24) is 19.7 Å². The third kappa shape index (κ3) is 3.84. The summed E-state index contributed by atoms with van der Waals surface area (Å²) in [6.07, 6.45) is 0.162. The molecule has 138 valence electrons. The van der Waals surface area contributed by atoms with Crippen molar-refractivity contribution in [2.45, 2.75) is 26.0 Å². The Labute approximate surface area is 158 Å². The van der Waals surface area contributed by atoms with E-state index in [9.17, 15) is 4.79 Å². The van der Waals surface area contributed by atoms with E-state index in [0.717, 1.165) is 17.2 Å². The first-order valence-corrected chi connectivity index (χ1v) is 9.20. The number of ether oxygens (including phenoxy) is 1. The van der Waals surface area contributed by atoms with Gasteiger partial charge in [0.2, 0.25) is 0 Å². The van der Waals surface area contributed by atoms with E-state index < -0.39 is 6.10 Å². The van der Waals surface area contributed by atoms with Crippen LogP contribution < -0.4 is 4.74 Å². The maximum absolute atomic E-state index is 12.8. The average Bonchev–Trinajstić information content (AvgIpc) is 3.02. The van der Waals surface area contributed by atoms with E-state index in [2.05, 4.69) is 10.1 Å². The Kier molecular flexibility index (Phi) is 4.87. The van der Waals surface area contributed by atoms with Gasteiger partial charge in [-0.25, -0.2) is 9.67 Å². The van der Waals surface area contributed by atoms with Crippen LogP contribution in [0.5, 0.6) is 5.75 Å². The highest BCUT2D eigenvalue weighted by atomic mass is 16.5. The van der Waals surface area contributed by atoms with E-state index in [4.69, 9.17) is 4.74 Å². The summed E-state index contributed by atoms with van der Waals surface area (Å²) in [6, 6.07) is 19.4. The Bertz CT molecular complexity index is 883. The van der Waals surface area contributed by atoms with Crippen LogP contribution in [-0.2, 0) is 17.8 Å². The van der Waals surface area contributed by atoms with Crippen molar-refractivity contribution < 1.29 is 9.53 Å². The fraction of sp³-hybridized carbons (Fsp3) is 0.286. The fourth-order valence-electron chi connectivity index (χ4n) is 3.24. The molecule has 1 aliphatic rings. The molecule has 0 saturated carbocycles. The minimum absolute atomic E-state index is 0.00658. The quantitative estimate of drug-likeness (QED) is 0.716. The van der Waals surface area contributed by atoms with Crippen LogP contribution in [0.25, 0.3) is 11.4 Å². The Morgan fingerprint density at radius 2 is 1.70 bits per heavy atom. The van der Waals surface area contributed by atoms with Gasteiger partial charge in [-0.15, -0.1) is 0 Å². The predicted octanol–water partition coefficient (Wildman–Crippen LogP) is 2.80. The van der Waals surface area contributed by atoms with E-state index in [-0.39, 0.29) is 5.91 Å². The highest BCUT2D eigenvalue weighted by molar-refractivity contribution is 5.81. The van der Waals surface area contributed by atoms with E-state index in [1.54, 1.807) is 6.92 Å². The Morgan fingerprint density at radius 3 is 2.44 bits per heavy atom. The molecule has 2 aromatic carbocycles. The number of nitrogens with zero attached hydrogens (tertiary/aromatic N) is 4. The van der Waals surface area contributed by atoms with Gasteiger partial charge in [-0.1, -0.05) is 48.5 Å². The largest absolute Gasteiger partial charge is 0.481 e. The summed E-state index contributed by atoms with van der Waals surface area (Å²) < 4.78 is 7.69. The summed E-state index contributed by atoms with van der Waals surface area (Å²) in [5, 5.41) is 4.62. The zero-order chi connectivity index (χ0) is 18.6. The molecule has 1 aromatic heterocycles. The first-order chi connectivity index (χ1) is 13.2. The number of carbonyl (C=O) groups excluding carboxylic acids is 1. The van der Waals surface area contributed by atoms with Crippen LogP contribution in [0.4, 0.5) is 0 Å². The van der Waals surface area contributed by atoms with Gasteiger partial charge < -0.3 is 9.64 Å². The summed E-state index contributed by atoms with van der Waals surface area (Å²) in [4.78, 5) is 19.3. The van der Waals surface area contributed by atoms with Crippen molar-refractivity contribution >= 4 is 5.91 Å². The third-order valence-corrected chi connectivity index (χ3v) is 4.68. The number of hydrogen-bond acceptors (Lipinski definition) is 4. The molecule has 6 heteroatoms. The van der Waals surface area contributed by atoms with Crippen molar-refractivity contribution in [3.8, 4) is 17.1 Å². The van der Waals surface area contributed by atoms with Gasteiger partial charge in [0.1, 0.15) is 11.6 Å². The predicted molar refractivity (Wildman–Crippen MR) is 102 cm³/mol. The van der Waals surface area contributed by atoms with Gasteiger partial charge in [-0.05, 0) is 19.1 Å². The minimum Gasteiger partial charge on any atom is -0.481 e. The molecule has 1 amide bonds. The number of carbonyl (C=O) groups is 1. The molecule has 0 saturated heterocycles. The maximum atomic E-state index is 12.8. The first kappa shape index (κ1) is 17.3. The fourth-order valence-corrected chi connectivity index (χ4v) is 3.24. The zero-order valence-electron chi connectivity index (χ0n) is 15.3. The van der Waals surface area contributed by atoms with Crippen LogP contribution in [0.15, 0.2) is 60.7 Å². The van der Waals surface area contributed by atoms with Gasteiger partial charge in [0, 0.05) is 25.1 Å². The van der Waals surface area contributed by atoms with Crippen LogP contribution >= 0.6 is 0 Å². The molecule has 1 atom stereocenters. The molecule has 6 nitrogen and oxygen atoms in total. The van der Waals surface area contributed by atoms with Crippen molar-refractivity contribution in [2.24, 2.45) is 0 Å². The van der Waals surface area contributed by atoms with Crippen molar-refractivity contribution in [3.05, 3.63) is 66.5 Å². The molecule has 4 rings (SSSR count). The molecule has 27 heavy (non-hydrogen) atoms. The Morgan fingerprint density at radius 1 is 1.00 bits per heavy atom. The van der Waals surface area contributed by atoms with Gasteiger partial charge in [-0.2, -0.15) is 5.10 Å². The van der Waals surface area contributed by atoms with Gasteiger partial charge in [0.25, 0.3) is 5.91 Å². The highest BCUT2D eigenvalue weighted by Crippen LogP contribution is 2.18. The van der Waals surface area contributed by atoms with E-state index in [0.29, 0.717) is 31.8 Å². The zero-order valence-corrected chi connectivity index (χ0v) is 15.3. The lowest BCUT2D eigenvalue weighted by Gasteiger charge is -2.24. The molecule has 0 fully saturated rings. The van der Waals surface area contributed by atoms with Crippen LogP contribution in [0.3, 0.4) is 0 Å². The molecule has 0 N–H and O–H groups in total. The lowest BCUT2D eigenvalue weighted by atomic mass is 10.2. The summed E-state index contributed by atoms with van der Waals surface area (Å²) in [5.41, 5.74) is 1.01. The standard InChI is InChI=1S/C21H22N4O2/c1-16(27-18-10-6-3-7-11-18)21(26)24-13-12-19-22-20(23-25(19)15-14-24)17-8-4-2-5-9-17/h2-11,16H,12-15H2,1H3. The van der Waals surface area contributed by atoms with Crippen LogP contribution in [0.1, 0.15) is 12.7 Å². The van der Waals surface area contributed by atoms with Gasteiger partial charge in [0.05, 0.1) is 6.54 Å². The molecule has 0 aliphatic carbocycles. The maximum Gasteiger partial charge on any atom is 0.263 e. The molecule has 1 unspecified atom stereocenters. The summed E-state index contributed by atoms with van der Waals surface area (Å²) >= 11 is 0. The minimum atomic E-state index is -0.523. The number of aromatic nitrogens is 3. The third-order valence-electron chi connectivity index (χ3n) is 4.68. The van der Waals surface area contributed by atoms with Crippen molar-refractivity contribution in [1.29, 1.82) is 0 Å². The van der Waals surface area contributed by atoms with E-state index in [1.165, 1.54) is 0 Å². The molecule has 2 heterocycles. The summed E-state index contributed by atoms with van der Waals surface area (Å²) in [7, 11) is 0. The van der Waals surface area contributed by atoms with Gasteiger partial charge in [0.15, 0.2) is 11.9 Å². The molecule has 0 radical (unpaired) electrons. The SMILES string of the molecule is CC(Oc1ccccc1)C(=O)N1CCc2nc(-c3ccccc3)nn2CC1. The highest BCUT2D eigenvalue weighted by Gasteiger charge is 2.25. The number of benzene rings is 2. The molecule has 3 aromatic rings. The number of fused-ring (bicyclic) bond motifs is 1. The second kappa shape index (κ2) is 7.61. The van der Waals surface area contributed by atoms with Gasteiger partial charge >= 0.3 is 0 Å². The number of hydrogen-bond donors (Lipinski definition) is 0. The van der Waals surface area contributed by atoms with Crippen LogP contribution in [0, 0.1) is 0 Å². The monoisotopic (exact) mass is 362 g/mol. The normalized spacial score (nSPS) is 14.9. The molecule has 0 bridgehead atoms. The van der Waals surface area contributed by atoms with Crippen LogP contribution in [-0.4, -0.2) is 44.8 Å². The second-order valence-corrected chi connectivity index (χ2v) is 6.59. The smallest absolute Gasteiger partial charge is 0.263 e. The lowest BCUT2D eigenvalue weighted by molar-refractivity contribution is -0.137. The average molecular weight is 362 g/mol. The first-order valence-electron chi connectivity index (χ1n) is 9.20. The number of para-hydroxylation sites is 1. The Balaban J connectivity index is 1.41. The topological polar surface area (TPSA) is 60.2 Å². The molecular weight excluding hydrogens is 340 g/mol.